The van der Waals surface area contributed by atoms with Gasteiger partial charge in [-0.3, -0.25) is 4.90 Å². The molecule has 0 saturated carbocycles. The second-order valence-electron chi connectivity index (χ2n) is 6.60. The summed E-state index contributed by atoms with van der Waals surface area (Å²) < 4.78 is 13.4. The maximum absolute atomic E-state index is 13.4. The zero-order valence-electron chi connectivity index (χ0n) is 12.3. The molecule has 4 heteroatoms. The van der Waals surface area contributed by atoms with Gasteiger partial charge in [0.2, 0.25) is 0 Å². The number of aromatic nitrogens is 1. The van der Waals surface area contributed by atoms with Crippen LogP contribution in [0.2, 0.25) is 0 Å². The predicted molar refractivity (Wildman–Crippen MR) is 80.6 cm³/mol. The van der Waals surface area contributed by atoms with Crippen LogP contribution in [0.4, 0.5) is 4.39 Å². The second kappa shape index (κ2) is 4.82. The molecule has 1 aromatic heterocycles. The van der Waals surface area contributed by atoms with Crippen LogP contribution in [-0.4, -0.2) is 33.2 Å². The minimum absolute atomic E-state index is 0.128. The van der Waals surface area contributed by atoms with E-state index in [0.29, 0.717) is 12.1 Å². The van der Waals surface area contributed by atoms with E-state index in [1.54, 1.807) is 6.07 Å². The van der Waals surface area contributed by atoms with Crippen LogP contribution < -0.4 is 0 Å². The first-order valence-electron chi connectivity index (χ1n) is 7.82. The van der Waals surface area contributed by atoms with Gasteiger partial charge in [-0.25, -0.2) is 4.39 Å². The molecule has 2 saturated heterocycles. The summed E-state index contributed by atoms with van der Waals surface area (Å²) in [6, 6.07) is 5.93. The molecule has 2 aliphatic rings. The average molecular weight is 288 g/mol. The number of nitrogens with one attached hydrogen (secondary N) is 1. The van der Waals surface area contributed by atoms with E-state index in [9.17, 15) is 9.50 Å². The van der Waals surface area contributed by atoms with Crippen molar-refractivity contribution in [3.8, 4) is 0 Å². The third-order valence-corrected chi connectivity index (χ3v) is 5.32. The average Bonchev–Trinajstić information content (AvgIpc) is 2.87. The van der Waals surface area contributed by atoms with E-state index in [1.807, 2.05) is 6.07 Å². The number of fused-ring (bicyclic) bond motifs is 3. The lowest BCUT2D eigenvalue weighted by Gasteiger charge is -2.37. The Morgan fingerprint density at radius 3 is 2.71 bits per heavy atom. The summed E-state index contributed by atoms with van der Waals surface area (Å²) >= 11 is 0. The van der Waals surface area contributed by atoms with Gasteiger partial charge in [-0.15, -0.1) is 0 Å². The van der Waals surface area contributed by atoms with E-state index in [2.05, 4.69) is 16.8 Å². The molecule has 0 spiro atoms. The smallest absolute Gasteiger partial charge is 0.123 e. The minimum Gasteiger partial charge on any atom is -0.393 e. The number of aliphatic hydroxyl groups excluding tert-OH is 1. The molecule has 1 unspecified atom stereocenters. The molecule has 2 N–H and O–H groups in total. The van der Waals surface area contributed by atoms with Crippen LogP contribution >= 0.6 is 0 Å². The number of aliphatic hydroxyl groups is 1. The zero-order valence-corrected chi connectivity index (χ0v) is 12.3. The number of hydrogen-bond donors (Lipinski definition) is 2. The molecule has 3 atom stereocenters. The summed E-state index contributed by atoms with van der Waals surface area (Å²) in [5, 5.41) is 10.9. The molecule has 21 heavy (non-hydrogen) atoms. The molecule has 2 fully saturated rings. The highest BCUT2D eigenvalue weighted by Crippen LogP contribution is 2.37. The van der Waals surface area contributed by atoms with Crippen LogP contribution in [0, 0.1) is 12.7 Å². The van der Waals surface area contributed by atoms with Crippen molar-refractivity contribution in [3.05, 3.63) is 35.3 Å². The van der Waals surface area contributed by atoms with Gasteiger partial charge >= 0.3 is 0 Å². The summed E-state index contributed by atoms with van der Waals surface area (Å²) in [4.78, 5) is 5.98. The van der Waals surface area contributed by atoms with Crippen molar-refractivity contribution in [1.82, 2.24) is 9.88 Å². The predicted octanol–water partition coefficient (Wildman–Crippen LogP) is 3.10. The first-order chi connectivity index (χ1) is 10.1. The fourth-order valence-electron chi connectivity index (χ4n) is 4.20. The van der Waals surface area contributed by atoms with E-state index in [4.69, 9.17) is 0 Å². The van der Waals surface area contributed by atoms with Gasteiger partial charge in [-0.05, 0) is 56.4 Å². The topological polar surface area (TPSA) is 39.3 Å². The van der Waals surface area contributed by atoms with E-state index >= 15 is 0 Å². The molecular formula is C17H21FN2O. The Hall–Kier alpha value is -1.39. The Bertz CT molecular complexity index is 667. The summed E-state index contributed by atoms with van der Waals surface area (Å²) in [5.74, 6) is -0.183. The van der Waals surface area contributed by atoms with Gasteiger partial charge in [-0.2, -0.15) is 0 Å². The third-order valence-electron chi connectivity index (χ3n) is 5.32. The molecule has 1 aromatic carbocycles. The number of aromatic amines is 1. The number of aryl methyl sites for hydroxylation is 1. The van der Waals surface area contributed by atoms with Crippen molar-refractivity contribution in [1.29, 1.82) is 0 Å². The quantitative estimate of drug-likeness (QED) is 0.891. The summed E-state index contributed by atoms with van der Waals surface area (Å²) in [5.41, 5.74) is 3.34. The van der Waals surface area contributed by atoms with Crippen molar-refractivity contribution in [3.63, 3.8) is 0 Å². The highest BCUT2D eigenvalue weighted by atomic mass is 19.1. The maximum Gasteiger partial charge on any atom is 0.123 e. The van der Waals surface area contributed by atoms with E-state index in [0.717, 1.165) is 35.9 Å². The Morgan fingerprint density at radius 2 is 2.00 bits per heavy atom. The molecule has 2 aromatic rings. The van der Waals surface area contributed by atoms with E-state index in [-0.39, 0.29) is 11.9 Å². The number of rotatable bonds is 2. The Morgan fingerprint density at radius 1 is 1.29 bits per heavy atom. The second-order valence-corrected chi connectivity index (χ2v) is 6.60. The van der Waals surface area contributed by atoms with Crippen LogP contribution in [-0.2, 0) is 6.54 Å². The molecule has 3 nitrogen and oxygen atoms in total. The number of piperidine rings is 1. The first kappa shape index (κ1) is 13.3. The molecule has 0 radical (unpaired) electrons. The van der Waals surface area contributed by atoms with Crippen molar-refractivity contribution in [2.75, 3.05) is 0 Å². The van der Waals surface area contributed by atoms with Crippen molar-refractivity contribution in [2.45, 2.75) is 57.3 Å². The first-order valence-corrected chi connectivity index (χ1v) is 7.82. The number of benzene rings is 1. The fraction of sp³-hybridized carbons (Fsp3) is 0.529. The molecule has 4 rings (SSSR count). The number of nitrogens with zero attached hydrogens (tertiary/aromatic N) is 1. The number of halogens is 1. The largest absolute Gasteiger partial charge is 0.393 e. The van der Waals surface area contributed by atoms with Crippen molar-refractivity contribution < 1.29 is 9.50 Å². The minimum atomic E-state index is -0.183. The van der Waals surface area contributed by atoms with E-state index < -0.39 is 0 Å². The Labute approximate surface area is 123 Å². The van der Waals surface area contributed by atoms with Crippen LogP contribution in [0.15, 0.2) is 18.2 Å². The molecule has 2 aliphatic heterocycles. The van der Waals surface area contributed by atoms with Gasteiger partial charge in [0, 0.05) is 35.2 Å². The van der Waals surface area contributed by atoms with Crippen molar-refractivity contribution >= 4 is 10.9 Å². The van der Waals surface area contributed by atoms with Crippen LogP contribution in [0.5, 0.6) is 0 Å². The van der Waals surface area contributed by atoms with Gasteiger partial charge in [0.15, 0.2) is 0 Å². The van der Waals surface area contributed by atoms with Gasteiger partial charge in [0.1, 0.15) is 5.82 Å². The normalized spacial score (nSPS) is 29.4. The Balaban J connectivity index is 1.64. The highest BCUT2D eigenvalue weighted by Gasteiger charge is 2.40. The van der Waals surface area contributed by atoms with Crippen LogP contribution in [0.1, 0.15) is 36.9 Å². The zero-order chi connectivity index (χ0) is 14.6. The van der Waals surface area contributed by atoms with Gasteiger partial charge in [-0.1, -0.05) is 0 Å². The van der Waals surface area contributed by atoms with Gasteiger partial charge in [0.05, 0.1) is 6.10 Å². The molecule has 3 heterocycles. The van der Waals surface area contributed by atoms with Crippen LogP contribution in [0.25, 0.3) is 10.9 Å². The summed E-state index contributed by atoms with van der Waals surface area (Å²) in [7, 11) is 0. The number of hydrogen-bond acceptors (Lipinski definition) is 2. The SMILES string of the molecule is Cc1c(CN2[C@@H]3CC[C@H]2CC(O)C3)[nH]c2ccc(F)cc12. The molecule has 2 bridgehead atoms. The number of H-pyrrole nitrogens is 1. The molecule has 112 valence electrons. The monoisotopic (exact) mass is 288 g/mol. The molecular weight excluding hydrogens is 267 g/mol. The van der Waals surface area contributed by atoms with E-state index in [1.165, 1.54) is 24.6 Å². The van der Waals surface area contributed by atoms with Crippen LogP contribution in [0.3, 0.4) is 0 Å². The Kier molecular flexibility index (Phi) is 3.05. The summed E-state index contributed by atoms with van der Waals surface area (Å²) in [6.45, 7) is 2.94. The maximum atomic E-state index is 13.4. The third kappa shape index (κ3) is 2.17. The molecule has 0 amide bonds. The van der Waals surface area contributed by atoms with Crippen molar-refractivity contribution in [2.24, 2.45) is 0 Å². The lowest BCUT2D eigenvalue weighted by molar-refractivity contribution is 0.0304. The standard InChI is InChI=1S/C17H21FN2O/c1-10-15-6-11(18)2-5-16(15)19-17(10)9-20-12-3-4-13(20)8-14(21)7-12/h2,5-6,12-14,19,21H,3-4,7-9H2,1H3/t12-,13+,14?. The molecule has 0 aliphatic carbocycles. The highest BCUT2D eigenvalue weighted by molar-refractivity contribution is 5.84. The lowest BCUT2D eigenvalue weighted by Crippen LogP contribution is -2.44. The lowest BCUT2D eigenvalue weighted by atomic mass is 9.99. The van der Waals surface area contributed by atoms with Gasteiger partial charge in [0.25, 0.3) is 0 Å². The van der Waals surface area contributed by atoms with Gasteiger partial charge < -0.3 is 10.1 Å². The fourth-order valence-corrected chi connectivity index (χ4v) is 4.20. The summed E-state index contributed by atoms with van der Waals surface area (Å²) in [6.07, 6.45) is 4.04.